The molecule has 2 aliphatic rings. The topological polar surface area (TPSA) is 194 Å². The van der Waals surface area contributed by atoms with Gasteiger partial charge in [-0.05, 0) is 62.6 Å². The maximum atomic E-state index is 13.2. The van der Waals surface area contributed by atoms with Crippen LogP contribution in [0.1, 0.15) is 74.6 Å². The number of dihydropyridines is 1. The molecular weight excluding hydrogens is 740 g/mol. The number of sulfonamides is 1. The molecule has 0 amide bonds. The minimum Gasteiger partial charge on any atom is -0.481 e. The molecule has 14 nitrogen and oxygen atoms in total. The van der Waals surface area contributed by atoms with Crippen LogP contribution in [0.5, 0.6) is 0 Å². The second-order valence-electron chi connectivity index (χ2n) is 12.6. The first-order valence-corrected chi connectivity index (χ1v) is 18.9. The fourth-order valence-electron chi connectivity index (χ4n) is 6.62. The second-order valence-corrected chi connectivity index (χ2v) is 15.0. The Morgan fingerprint density at radius 1 is 0.889 bits per heavy atom. The summed E-state index contributed by atoms with van der Waals surface area (Å²) in [5.41, 5.74) is 3.40. The van der Waals surface area contributed by atoms with E-state index in [0.717, 1.165) is 24.8 Å². The predicted octanol–water partition coefficient (Wildman–Crippen LogP) is 6.37. The van der Waals surface area contributed by atoms with Gasteiger partial charge in [-0.1, -0.05) is 66.9 Å². The van der Waals surface area contributed by atoms with Crippen molar-refractivity contribution in [2.75, 3.05) is 32.1 Å². The quantitative estimate of drug-likeness (QED) is 0.0797. The number of methoxy groups -OCH3 is 2. The standard InChI is InChI=1S/C21H25ClN2O4S.C17H18N2O6/c1-24-18-9-6-5-8-16(18)21(23-13-7-3-2-4-10-20(25)26)17-12-11-15(22)14-19(17)29(24,27)28;1-9-13(16(20)24-3)15(14(10(2)18-9)17(21)25-4)11-7-5-6-8-12(11)19(22)23/h5-6,8-9,11-12,14,21,23H,2-4,7,10,13H2,1H3,(H,25,26);5-8,15,18H,1-4H3. The van der Waals surface area contributed by atoms with Gasteiger partial charge in [-0.2, -0.15) is 0 Å². The van der Waals surface area contributed by atoms with Gasteiger partial charge in [-0.3, -0.25) is 19.2 Å². The van der Waals surface area contributed by atoms with E-state index in [4.69, 9.17) is 26.2 Å². The molecule has 3 N–H and O–H groups in total. The zero-order chi connectivity index (χ0) is 39.7. The van der Waals surface area contributed by atoms with Crippen LogP contribution in [0.25, 0.3) is 0 Å². The molecule has 5 rings (SSSR count). The van der Waals surface area contributed by atoms with Gasteiger partial charge in [0.15, 0.2) is 0 Å². The van der Waals surface area contributed by atoms with Crippen molar-refractivity contribution in [1.82, 2.24) is 10.6 Å². The molecule has 0 aromatic heterocycles. The Morgan fingerprint density at radius 2 is 1.46 bits per heavy atom. The molecule has 2 heterocycles. The molecule has 0 saturated heterocycles. The van der Waals surface area contributed by atoms with E-state index in [1.165, 1.54) is 42.8 Å². The molecule has 0 spiro atoms. The van der Waals surface area contributed by atoms with E-state index in [0.29, 0.717) is 40.6 Å². The molecule has 0 radical (unpaired) electrons. The van der Waals surface area contributed by atoms with Crippen LogP contribution in [0.4, 0.5) is 11.4 Å². The van der Waals surface area contributed by atoms with Crippen LogP contribution in [-0.4, -0.2) is 64.2 Å². The summed E-state index contributed by atoms with van der Waals surface area (Å²) >= 11 is 6.12. The molecule has 3 aromatic carbocycles. The van der Waals surface area contributed by atoms with Crippen LogP contribution in [0.3, 0.4) is 0 Å². The highest BCUT2D eigenvalue weighted by Gasteiger charge is 2.40. The number of ether oxygens (including phenoxy) is 2. The average Bonchev–Trinajstić information content (AvgIpc) is 3.21. The number of carboxylic acid groups (broad SMARTS) is 1. The highest BCUT2D eigenvalue weighted by atomic mass is 35.5. The number of nitro groups is 1. The van der Waals surface area contributed by atoms with Crippen LogP contribution < -0.4 is 14.9 Å². The zero-order valence-electron chi connectivity index (χ0n) is 30.6. The van der Waals surface area contributed by atoms with Gasteiger partial charge in [-0.15, -0.1) is 0 Å². The lowest BCUT2D eigenvalue weighted by atomic mass is 9.79. The van der Waals surface area contributed by atoms with E-state index in [9.17, 15) is 32.9 Å². The maximum absolute atomic E-state index is 13.2. The number of fused-ring (bicyclic) bond motifs is 2. The molecular formula is C38H43ClN4O10S. The SMILES string of the molecule is CN1c2ccccc2C(NCCCCCCC(=O)O)c2ccc(Cl)cc2S1(=O)=O.COC(=O)C1=C(C)NC(C)=C(C(=O)OC)C1c1ccccc1[N+](=O)[O-]. The molecule has 0 bridgehead atoms. The fraction of sp³-hybridized carbons (Fsp3) is 0.342. The number of nitro benzene ring substituents is 1. The van der Waals surface area contributed by atoms with Crippen LogP contribution >= 0.6 is 11.6 Å². The lowest BCUT2D eigenvalue weighted by Crippen LogP contribution is -2.32. The molecule has 54 heavy (non-hydrogen) atoms. The number of hydrogen-bond acceptors (Lipinski definition) is 11. The maximum Gasteiger partial charge on any atom is 0.336 e. The van der Waals surface area contributed by atoms with E-state index in [2.05, 4.69) is 10.6 Å². The van der Waals surface area contributed by atoms with Crippen molar-refractivity contribution in [2.45, 2.75) is 62.8 Å². The number of nitrogens with one attached hydrogen (secondary N) is 2. The zero-order valence-corrected chi connectivity index (χ0v) is 32.1. The van der Waals surface area contributed by atoms with Crippen molar-refractivity contribution in [3.05, 3.63) is 121 Å². The first kappa shape index (κ1) is 41.5. The number of carbonyl (C=O) groups excluding carboxylic acids is 2. The third-order valence-electron chi connectivity index (χ3n) is 9.19. The number of esters is 2. The van der Waals surface area contributed by atoms with Gasteiger partial charge in [0.1, 0.15) is 0 Å². The summed E-state index contributed by atoms with van der Waals surface area (Å²) < 4.78 is 37.3. The number of aliphatic carboxylic acids is 1. The van der Waals surface area contributed by atoms with Gasteiger partial charge in [-0.25, -0.2) is 18.0 Å². The molecule has 0 aliphatic carbocycles. The van der Waals surface area contributed by atoms with Crippen molar-refractivity contribution < 1.29 is 42.3 Å². The van der Waals surface area contributed by atoms with Crippen molar-refractivity contribution >= 4 is 50.9 Å². The number of carbonyl (C=O) groups is 3. The van der Waals surface area contributed by atoms with Gasteiger partial charge in [0, 0.05) is 41.5 Å². The summed E-state index contributed by atoms with van der Waals surface area (Å²) in [4.78, 5) is 46.4. The van der Waals surface area contributed by atoms with Gasteiger partial charge in [0.05, 0.1) is 52.8 Å². The summed E-state index contributed by atoms with van der Waals surface area (Å²) in [7, 11) is 0.256. The number of unbranched alkanes of at least 4 members (excludes halogenated alkanes) is 3. The summed E-state index contributed by atoms with van der Waals surface area (Å²) in [6, 6.07) is 18.2. The van der Waals surface area contributed by atoms with Crippen LogP contribution in [-0.2, 0) is 33.9 Å². The molecule has 16 heteroatoms. The minimum absolute atomic E-state index is 0.128. The highest BCUT2D eigenvalue weighted by molar-refractivity contribution is 7.92. The molecule has 0 fully saturated rings. The van der Waals surface area contributed by atoms with Gasteiger partial charge in [0.2, 0.25) is 0 Å². The Labute approximate surface area is 319 Å². The number of rotatable bonds is 12. The summed E-state index contributed by atoms with van der Waals surface area (Å²) in [6.45, 7) is 3.98. The summed E-state index contributed by atoms with van der Waals surface area (Å²) in [5.74, 6) is -3.09. The van der Waals surface area contributed by atoms with Crippen molar-refractivity contribution in [3.8, 4) is 0 Å². The van der Waals surface area contributed by atoms with Gasteiger partial charge >= 0.3 is 17.9 Å². The number of nitrogens with zero attached hydrogens (tertiary/aromatic N) is 2. The highest BCUT2D eigenvalue weighted by Crippen LogP contribution is 2.43. The van der Waals surface area contributed by atoms with E-state index < -0.39 is 38.8 Å². The fourth-order valence-corrected chi connectivity index (χ4v) is 8.33. The third kappa shape index (κ3) is 9.09. The normalized spacial score (nSPS) is 16.2. The third-order valence-corrected chi connectivity index (χ3v) is 11.3. The number of para-hydroxylation sites is 2. The Kier molecular flexibility index (Phi) is 14.0. The van der Waals surface area contributed by atoms with Gasteiger partial charge < -0.3 is 25.2 Å². The van der Waals surface area contributed by atoms with Crippen molar-refractivity contribution in [3.63, 3.8) is 0 Å². The molecule has 1 atom stereocenters. The van der Waals surface area contributed by atoms with E-state index in [1.54, 1.807) is 45.2 Å². The Morgan fingerprint density at radius 3 is 2.06 bits per heavy atom. The number of benzene rings is 3. The number of halogens is 1. The molecule has 288 valence electrons. The lowest BCUT2D eigenvalue weighted by molar-refractivity contribution is -0.385. The van der Waals surface area contributed by atoms with Crippen LogP contribution in [0.2, 0.25) is 5.02 Å². The Hall–Kier alpha value is -5.25. The number of carboxylic acids is 1. The van der Waals surface area contributed by atoms with Crippen molar-refractivity contribution in [2.24, 2.45) is 0 Å². The van der Waals surface area contributed by atoms with Crippen LogP contribution in [0.15, 0.2) is 94.2 Å². The summed E-state index contributed by atoms with van der Waals surface area (Å²) in [5, 5.41) is 27.0. The molecule has 2 aliphatic heterocycles. The lowest BCUT2D eigenvalue weighted by Gasteiger charge is -2.29. The predicted molar refractivity (Wildman–Crippen MR) is 202 cm³/mol. The largest absolute Gasteiger partial charge is 0.481 e. The number of anilines is 1. The first-order valence-electron chi connectivity index (χ1n) is 17.1. The molecule has 0 saturated carbocycles. The smallest absolute Gasteiger partial charge is 0.336 e. The minimum atomic E-state index is -3.72. The second kappa shape index (κ2) is 18.2. The summed E-state index contributed by atoms with van der Waals surface area (Å²) in [6.07, 6.45) is 3.52. The number of hydrogen-bond donors (Lipinski definition) is 3. The molecule has 3 aromatic rings. The van der Waals surface area contributed by atoms with E-state index in [-0.39, 0.29) is 39.8 Å². The Balaban J connectivity index is 0.000000244. The Bertz CT molecular complexity index is 2060. The monoisotopic (exact) mass is 782 g/mol. The van der Waals surface area contributed by atoms with E-state index in [1.807, 2.05) is 18.2 Å². The van der Waals surface area contributed by atoms with Crippen molar-refractivity contribution in [1.29, 1.82) is 0 Å². The molecule has 1 unspecified atom stereocenters. The van der Waals surface area contributed by atoms with Gasteiger partial charge in [0.25, 0.3) is 15.7 Å². The average molecular weight is 783 g/mol. The van der Waals surface area contributed by atoms with E-state index >= 15 is 0 Å². The van der Waals surface area contributed by atoms with Crippen LogP contribution in [0, 0.1) is 10.1 Å². The first-order chi connectivity index (χ1) is 25.6. The number of allylic oxidation sites excluding steroid dienone is 2.